The van der Waals surface area contributed by atoms with Crippen molar-refractivity contribution in [3.8, 4) is 0 Å². The smallest absolute Gasteiger partial charge is 0.252 e. The number of rotatable bonds is 5. The van der Waals surface area contributed by atoms with Gasteiger partial charge in [-0.25, -0.2) is 8.42 Å². The summed E-state index contributed by atoms with van der Waals surface area (Å²) < 4.78 is 27.8. The molecule has 0 atom stereocenters. The molecule has 0 amide bonds. The van der Waals surface area contributed by atoms with Crippen LogP contribution in [0.25, 0.3) is 0 Å². The molecule has 1 saturated heterocycles. The highest BCUT2D eigenvalue weighted by molar-refractivity contribution is 8.00. The number of hydrogen-bond acceptors (Lipinski definition) is 5. The Balaban J connectivity index is 2.23. The molecule has 1 aromatic heterocycles. The zero-order chi connectivity index (χ0) is 15.7. The van der Waals surface area contributed by atoms with Crippen molar-refractivity contribution >= 4 is 33.1 Å². The average Bonchev–Trinajstić information content (AvgIpc) is 2.77. The maximum Gasteiger partial charge on any atom is 0.252 e. The van der Waals surface area contributed by atoms with Gasteiger partial charge < -0.3 is 5.32 Å². The summed E-state index contributed by atoms with van der Waals surface area (Å²) in [6.45, 7) is 11.1. The molecular formula is C14H24N2O2S3. The molecule has 2 rings (SSSR count). The molecule has 1 aliphatic rings. The molecule has 120 valence electrons. The van der Waals surface area contributed by atoms with Crippen LogP contribution in [0.4, 0.5) is 0 Å². The molecule has 1 aromatic rings. The lowest BCUT2D eigenvalue weighted by Gasteiger charge is -2.36. The van der Waals surface area contributed by atoms with E-state index in [-0.39, 0.29) is 4.75 Å². The first-order valence-electron chi connectivity index (χ1n) is 7.20. The van der Waals surface area contributed by atoms with Crippen molar-refractivity contribution in [2.24, 2.45) is 0 Å². The van der Waals surface area contributed by atoms with E-state index in [9.17, 15) is 8.42 Å². The topological polar surface area (TPSA) is 49.4 Å². The predicted molar refractivity (Wildman–Crippen MR) is 91.7 cm³/mol. The van der Waals surface area contributed by atoms with Crippen LogP contribution in [0.3, 0.4) is 0 Å². The van der Waals surface area contributed by atoms with Gasteiger partial charge in [0.25, 0.3) is 10.0 Å². The van der Waals surface area contributed by atoms with Gasteiger partial charge in [0.1, 0.15) is 4.21 Å². The second-order valence-electron chi connectivity index (χ2n) is 5.90. The molecule has 0 saturated carbocycles. The van der Waals surface area contributed by atoms with Crippen molar-refractivity contribution in [1.82, 2.24) is 9.62 Å². The van der Waals surface area contributed by atoms with Crippen LogP contribution < -0.4 is 5.32 Å². The molecule has 0 aromatic carbocycles. The number of nitrogens with zero attached hydrogens (tertiary/aromatic N) is 1. The summed E-state index contributed by atoms with van der Waals surface area (Å²) in [5.41, 5.74) is 1.06. The van der Waals surface area contributed by atoms with Crippen LogP contribution in [-0.2, 0) is 16.6 Å². The van der Waals surface area contributed by atoms with E-state index in [1.807, 2.05) is 31.7 Å². The Labute approximate surface area is 136 Å². The minimum atomic E-state index is -3.35. The third kappa shape index (κ3) is 4.01. The van der Waals surface area contributed by atoms with Crippen molar-refractivity contribution in [2.75, 3.05) is 25.4 Å². The van der Waals surface area contributed by atoms with E-state index in [0.29, 0.717) is 17.3 Å². The molecule has 1 N–H and O–H groups in total. The van der Waals surface area contributed by atoms with E-state index in [0.717, 1.165) is 29.3 Å². The van der Waals surface area contributed by atoms with E-state index < -0.39 is 10.0 Å². The lowest BCUT2D eigenvalue weighted by Crippen LogP contribution is -2.45. The molecule has 2 heterocycles. The molecule has 1 fully saturated rings. The Hall–Kier alpha value is -0.0800. The highest BCUT2D eigenvalue weighted by Gasteiger charge is 2.35. The standard InChI is InChI=1S/C14H24N2O2S3/c1-5-15-9-12-11(2)8-13(20-12)21(17,18)16-6-7-19-14(3,4)10-16/h8,15H,5-7,9-10H2,1-4H3. The van der Waals surface area contributed by atoms with Gasteiger partial charge in [-0.2, -0.15) is 16.1 Å². The predicted octanol–water partition coefficient (Wildman–Crippen LogP) is 2.68. The highest BCUT2D eigenvalue weighted by Crippen LogP contribution is 2.35. The largest absolute Gasteiger partial charge is 0.312 e. The number of nitrogens with one attached hydrogen (secondary N) is 1. The molecule has 0 bridgehead atoms. The number of thioether (sulfide) groups is 1. The minimum absolute atomic E-state index is 0.00970. The first-order valence-corrected chi connectivity index (χ1v) is 10.4. The first-order chi connectivity index (χ1) is 9.76. The molecule has 1 aliphatic heterocycles. The zero-order valence-corrected chi connectivity index (χ0v) is 15.6. The molecule has 0 aliphatic carbocycles. The van der Waals surface area contributed by atoms with Gasteiger partial charge in [-0.15, -0.1) is 11.3 Å². The van der Waals surface area contributed by atoms with E-state index in [1.54, 1.807) is 4.31 Å². The second-order valence-corrected chi connectivity index (χ2v) is 11.0. The van der Waals surface area contributed by atoms with E-state index >= 15 is 0 Å². The summed E-state index contributed by atoms with van der Waals surface area (Å²) in [6, 6.07) is 1.82. The SMILES string of the molecule is CCNCc1sc(S(=O)(=O)N2CCSC(C)(C)C2)cc1C. The monoisotopic (exact) mass is 348 g/mol. The number of aryl methyl sites for hydroxylation is 1. The Morgan fingerprint density at radius 3 is 2.76 bits per heavy atom. The molecule has 0 unspecified atom stereocenters. The fourth-order valence-electron chi connectivity index (χ4n) is 2.34. The van der Waals surface area contributed by atoms with Crippen LogP contribution in [-0.4, -0.2) is 42.9 Å². The number of thiophene rings is 1. The first kappa shape index (κ1) is 17.3. The van der Waals surface area contributed by atoms with Crippen molar-refractivity contribution in [1.29, 1.82) is 0 Å². The summed E-state index contributed by atoms with van der Waals surface area (Å²) in [5, 5.41) is 3.26. The average molecular weight is 349 g/mol. The normalized spacial score (nSPS) is 19.8. The van der Waals surface area contributed by atoms with Gasteiger partial charge in [0.05, 0.1) is 0 Å². The van der Waals surface area contributed by atoms with E-state index in [2.05, 4.69) is 19.2 Å². The minimum Gasteiger partial charge on any atom is -0.312 e. The summed E-state index contributed by atoms with van der Waals surface area (Å²) in [4.78, 5) is 1.11. The third-order valence-corrected chi connectivity index (χ3v) is 8.35. The van der Waals surface area contributed by atoms with Gasteiger partial charge in [0, 0.05) is 35.0 Å². The number of sulfonamides is 1. The summed E-state index contributed by atoms with van der Waals surface area (Å²) in [5.74, 6) is 0.862. The summed E-state index contributed by atoms with van der Waals surface area (Å²) in [7, 11) is -3.35. The molecule has 7 heteroatoms. The summed E-state index contributed by atoms with van der Waals surface area (Å²) in [6.07, 6.45) is 0. The van der Waals surface area contributed by atoms with Gasteiger partial charge in [-0.05, 0) is 38.9 Å². The maximum atomic E-state index is 12.8. The van der Waals surface area contributed by atoms with Gasteiger partial charge in [-0.3, -0.25) is 0 Å². The van der Waals surface area contributed by atoms with Gasteiger partial charge in [0.15, 0.2) is 0 Å². The van der Waals surface area contributed by atoms with Crippen molar-refractivity contribution in [3.63, 3.8) is 0 Å². The van der Waals surface area contributed by atoms with Crippen LogP contribution in [0.1, 0.15) is 31.2 Å². The van der Waals surface area contributed by atoms with Gasteiger partial charge >= 0.3 is 0 Å². The second kappa shape index (κ2) is 6.58. The van der Waals surface area contributed by atoms with E-state index in [1.165, 1.54) is 11.3 Å². The fourth-order valence-corrected chi connectivity index (χ4v) is 6.96. The lowest BCUT2D eigenvalue weighted by atomic mass is 10.2. The zero-order valence-electron chi connectivity index (χ0n) is 13.1. The van der Waals surface area contributed by atoms with Gasteiger partial charge in [0.2, 0.25) is 0 Å². The third-order valence-electron chi connectivity index (χ3n) is 3.52. The van der Waals surface area contributed by atoms with Gasteiger partial charge in [-0.1, -0.05) is 6.92 Å². The van der Waals surface area contributed by atoms with Crippen LogP contribution in [0.5, 0.6) is 0 Å². The summed E-state index contributed by atoms with van der Waals surface area (Å²) >= 11 is 3.24. The van der Waals surface area contributed by atoms with Crippen molar-refractivity contribution in [3.05, 3.63) is 16.5 Å². The Kier molecular flexibility index (Phi) is 5.41. The lowest BCUT2D eigenvalue weighted by molar-refractivity contribution is 0.388. The Morgan fingerprint density at radius 2 is 2.14 bits per heavy atom. The number of hydrogen-bond donors (Lipinski definition) is 1. The van der Waals surface area contributed by atoms with Crippen LogP contribution >= 0.6 is 23.1 Å². The molecular weight excluding hydrogens is 324 g/mol. The Morgan fingerprint density at radius 1 is 1.43 bits per heavy atom. The quantitative estimate of drug-likeness (QED) is 0.889. The fraction of sp³-hybridized carbons (Fsp3) is 0.714. The van der Waals surface area contributed by atoms with E-state index in [4.69, 9.17) is 0 Å². The van der Waals surface area contributed by atoms with Crippen LogP contribution in [0, 0.1) is 6.92 Å². The van der Waals surface area contributed by atoms with Crippen LogP contribution in [0.15, 0.2) is 10.3 Å². The molecule has 4 nitrogen and oxygen atoms in total. The Bertz CT molecular complexity index is 593. The molecule has 0 radical (unpaired) electrons. The molecule has 21 heavy (non-hydrogen) atoms. The molecule has 0 spiro atoms. The highest BCUT2D eigenvalue weighted by atomic mass is 32.2. The maximum absolute atomic E-state index is 12.8. The van der Waals surface area contributed by atoms with Crippen LogP contribution in [0.2, 0.25) is 0 Å². The van der Waals surface area contributed by atoms with Crippen molar-refractivity contribution in [2.45, 2.75) is 43.2 Å². The van der Waals surface area contributed by atoms with Crippen molar-refractivity contribution < 1.29 is 8.42 Å².